The van der Waals surface area contributed by atoms with E-state index in [0.717, 1.165) is 42.6 Å². The molecule has 5 nitrogen and oxygen atoms in total. The lowest BCUT2D eigenvalue weighted by atomic mass is 10.2. The molecule has 1 aromatic carbocycles. The molecular weight excluding hydrogens is 290 g/mol. The van der Waals surface area contributed by atoms with Crippen molar-refractivity contribution in [1.29, 1.82) is 0 Å². The smallest absolute Gasteiger partial charge is 0.282 e. The van der Waals surface area contributed by atoms with Crippen molar-refractivity contribution in [1.82, 2.24) is 15.4 Å². The van der Waals surface area contributed by atoms with E-state index in [1.807, 2.05) is 29.3 Å². The van der Waals surface area contributed by atoms with Gasteiger partial charge in [0.1, 0.15) is 11.4 Å². The number of aromatic nitrogens is 1. The third kappa shape index (κ3) is 3.85. The minimum absolute atomic E-state index is 0.0853. The highest BCUT2D eigenvalue weighted by molar-refractivity contribution is 5.99. The molecule has 1 amide bonds. The zero-order chi connectivity index (χ0) is 16.2. The van der Waals surface area contributed by atoms with E-state index in [1.54, 1.807) is 0 Å². The fraction of sp³-hybridized carbons (Fsp3) is 0.500. The minimum Gasteiger partial charge on any atom is -0.493 e. The number of benzene rings is 1. The van der Waals surface area contributed by atoms with E-state index in [2.05, 4.69) is 24.3 Å². The third-order valence-corrected chi connectivity index (χ3v) is 4.06. The van der Waals surface area contributed by atoms with Gasteiger partial charge in [-0.15, -0.1) is 0 Å². The topological polar surface area (TPSA) is 57.4 Å². The molecule has 124 valence electrons. The molecule has 2 aromatic rings. The Kier molecular flexibility index (Phi) is 4.86. The summed E-state index contributed by atoms with van der Waals surface area (Å²) < 4.78 is 5.86. The second-order valence-electron chi connectivity index (χ2n) is 6.59. The van der Waals surface area contributed by atoms with Crippen molar-refractivity contribution in [3.63, 3.8) is 0 Å². The van der Waals surface area contributed by atoms with Crippen molar-refractivity contribution in [3.8, 4) is 5.75 Å². The molecule has 0 spiro atoms. The van der Waals surface area contributed by atoms with Crippen molar-refractivity contribution in [2.75, 3.05) is 19.7 Å². The summed E-state index contributed by atoms with van der Waals surface area (Å²) in [4.78, 5) is 15.6. The lowest BCUT2D eigenvalue weighted by Crippen LogP contribution is -2.45. The van der Waals surface area contributed by atoms with Gasteiger partial charge in [-0.3, -0.25) is 10.2 Å². The molecule has 2 heterocycles. The number of hydrazine groups is 1. The highest BCUT2D eigenvalue weighted by atomic mass is 16.5. The first kappa shape index (κ1) is 15.9. The van der Waals surface area contributed by atoms with Crippen LogP contribution in [0.3, 0.4) is 0 Å². The van der Waals surface area contributed by atoms with Crippen LogP contribution in [0.5, 0.6) is 5.75 Å². The fourth-order valence-corrected chi connectivity index (χ4v) is 2.84. The van der Waals surface area contributed by atoms with Crippen LogP contribution in [-0.2, 0) is 0 Å². The van der Waals surface area contributed by atoms with Crippen LogP contribution in [-0.4, -0.2) is 35.6 Å². The number of piperidine rings is 1. The number of hydrogen-bond donors (Lipinski definition) is 2. The van der Waals surface area contributed by atoms with Crippen LogP contribution in [0, 0.1) is 5.92 Å². The molecule has 0 bridgehead atoms. The van der Waals surface area contributed by atoms with E-state index in [1.165, 1.54) is 6.42 Å². The van der Waals surface area contributed by atoms with Gasteiger partial charge in [-0.1, -0.05) is 26.3 Å². The number of aromatic amines is 1. The minimum atomic E-state index is -0.0853. The van der Waals surface area contributed by atoms with E-state index in [-0.39, 0.29) is 5.91 Å². The first-order chi connectivity index (χ1) is 11.1. The van der Waals surface area contributed by atoms with Gasteiger partial charge in [0.05, 0.1) is 6.61 Å². The Hall–Kier alpha value is -2.01. The van der Waals surface area contributed by atoms with Crippen LogP contribution >= 0.6 is 0 Å². The van der Waals surface area contributed by atoms with Gasteiger partial charge in [0.15, 0.2) is 0 Å². The average molecular weight is 315 g/mol. The Morgan fingerprint density at radius 1 is 1.30 bits per heavy atom. The summed E-state index contributed by atoms with van der Waals surface area (Å²) in [5.41, 5.74) is 4.49. The molecular formula is C18H25N3O2. The monoisotopic (exact) mass is 315 g/mol. The number of nitrogens with zero attached hydrogens (tertiary/aromatic N) is 1. The SMILES string of the molecule is CC(C)COc1cccc2[nH]c(C(=O)NN3CCCCC3)cc12. The zero-order valence-electron chi connectivity index (χ0n) is 13.9. The number of nitrogens with one attached hydrogen (secondary N) is 2. The van der Waals surface area contributed by atoms with E-state index >= 15 is 0 Å². The molecule has 1 fully saturated rings. The van der Waals surface area contributed by atoms with Crippen molar-refractivity contribution in [2.45, 2.75) is 33.1 Å². The standard InChI is InChI=1S/C18H25N3O2/c1-13(2)12-23-17-8-6-7-15-14(17)11-16(19-15)18(22)20-21-9-4-3-5-10-21/h6-8,11,13,19H,3-5,9-10,12H2,1-2H3,(H,20,22). The summed E-state index contributed by atoms with van der Waals surface area (Å²) >= 11 is 0. The zero-order valence-corrected chi connectivity index (χ0v) is 13.9. The van der Waals surface area contributed by atoms with E-state index in [9.17, 15) is 4.79 Å². The number of H-pyrrole nitrogens is 1. The normalized spacial score (nSPS) is 16.0. The van der Waals surface area contributed by atoms with Crippen LogP contribution in [0.2, 0.25) is 0 Å². The number of fused-ring (bicyclic) bond motifs is 1. The van der Waals surface area contributed by atoms with E-state index < -0.39 is 0 Å². The lowest BCUT2D eigenvalue weighted by molar-refractivity contribution is 0.0745. The van der Waals surface area contributed by atoms with Gasteiger partial charge >= 0.3 is 0 Å². The van der Waals surface area contributed by atoms with Crippen molar-refractivity contribution in [3.05, 3.63) is 30.0 Å². The summed E-state index contributed by atoms with van der Waals surface area (Å²) in [5.74, 6) is 1.20. The summed E-state index contributed by atoms with van der Waals surface area (Å²) in [6, 6.07) is 7.74. The maximum atomic E-state index is 12.4. The summed E-state index contributed by atoms with van der Waals surface area (Å²) in [7, 11) is 0. The molecule has 0 unspecified atom stereocenters. The number of amides is 1. The number of carbonyl (C=O) groups excluding carboxylic acids is 1. The second kappa shape index (κ2) is 7.04. The molecule has 0 atom stereocenters. The van der Waals surface area contributed by atoms with Gasteiger partial charge in [-0.2, -0.15) is 0 Å². The average Bonchev–Trinajstić information content (AvgIpc) is 2.98. The maximum Gasteiger partial charge on any atom is 0.282 e. The highest BCUT2D eigenvalue weighted by Gasteiger charge is 2.16. The summed E-state index contributed by atoms with van der Waals surface area (Å²) in [5, 5.41) is 2.96. The second-order valence-corrected chi connectivity index (χ2v) is 6.59. The molecule has 1 aliphatic heterocycles. The Labute approximate surface area is 137 Å². The van der Waals surface area contributed by atoms with Gasteiger partial charge in [0, 0.05) is 24.0 Å². The largest absolute Gasteiger partial charge is 0.493 e. The highest BCUT2D eigenvalue weighted by Crippen LogP contribution is 2.27. The molecule has 1 aromatic heterocycles. The Morgan fingerprint density at radius 3 is 2.83 bits per heavy atom. The molecule has 2 N–H and O–H groups in total. The molecule has 0 aliphatic carbocycles. The van der Waals surface area contributed by atoms with Crippen LogP contribution in [0.1, 0.15) is 43.6 Å². The molecule has 0 saturated carbocycles. The number of carbonyl (C=O) groups is 1. The van der Waals surface area contributed by atoms with E-state index in [0.29, 0.717) is 18.2 Å². The van der Waals surface area contributed by atoms with Crippen LogP contribution in [0.4, 0.5) is 0 Å². The third-order valence-electron chi connectivity index (χ3n) is 4.06. The van der Waals surface area contributed by atoms with E-state index in [4.69, 9.17) is 4.74 Å². The van der Waals surface area contributed by atoms with Gasteiger partial charge in [0.25, 0.3) is 5.91 Å². The quantitative estimate of drug-likeness (QED) is 0.890. The van der Waals surface area contributed by atoms with Crippen molar-refractivity contribution < 1.29 is 9.53 Å². The van der Waals surface area contributed by atoms with Crippen LogP contribution in [0.25, 0.3) is 10.9 Å². The lowest BCUT2D eigenvalue weighted by Gasteiger charge is -2.26. The Morgan fingerprint density at radius 2 is 2.09 bits per heavy atom. The van der Waals surface area contributed by atoms with Crippen LogP contribution < -0.4 is 10.2 Å². The molecule has 23 heavy (non-hydrogen) atoms. The molecule has 0 radical (unpaired) electrons. The van der Waals surface area contributed by atoms with Crippen molar-refractivity contribution >= 4 is 16.8 Å². The summed E-state index contributed by atoms with van der Waals surface area (Å²) in [6.45, 7) is 6.76. The number of rotatable bonds is 5. The molecule has 1 aliphatic rings. The Balaban J connectivity index is 1.76. The van der Waals surface area contributed by atoms with Crippen molar-refractivity contribution in [2.24, 2.45) is 5.92 Å². The number of hydrogen-bond acceptors (Lipinski definition) is 3. The summed E-state index contributed by atoms with van der Waals surface area (Å²) in [6.07, 6.45) is 3.52. The van der Waals surface area contributed by atoms with Gasteiger partial charge in [-0.25, -0.2) is 5.01 Å². The fourth-order valence-electron chi connectivity index (χ4n) is 2.84. The molecule has 3 rings (SSSR count). The van der Waals surface area contributed by atoms with Gasteiger partial charge in [0.2, 0.25) is 0 Å². The molecule has 1 saturated heterocycles. The maximum absolute atomic E-state index is 12.4. The predicted octanol–water partition coefficient (Wildman–Crippen LogP) is 3.33. The first-order valence-corrected chi connectivity index (χ1v) is 8.44. The number of ether oxygens (including phenoxy) is 1. The van der Waals surface area contributed by atoms with Gasteiger partial charge < -0.3 is 9.72 Å². The van der Waals surface area contributed by atoms with Crippen LogP contribution in [0.15, 0.2) is 24.3 Å². The Bertz CT molecular complexity index is 672. The van der Waals surface area contributed by atoms with Gasteiger partial charge in [-0.05, 0) is 37.0 Å². The predicted molar refractivity (Wildman–Crippen MR) is 91.5 cm³/mol. The first-order valence-electron chi connectivity index (χ1n) is 8.44. The molecule has 5 heteroatoms.